The number of carbonyl (C=O) groups excluding carboxylic acids is 2. The molecule has 0 spiro atoms. The molecule has 1 N–H and O–H groups in total. The Balaban J connectivity index is 0.00000170. The van der Waals surface area contributed by atoms with Crippen LogP contribution in [0.5, 0.6) is 11.5 Å². The van der Waals surface area contributed by atoms with Gasteiger partial charge in [0.1, 0.15) is 23.6 Å². The van der Waals surface area contributed by atoms with Crippen molar-refractivity contribution in [3.05, 3.63) is 59.2 Å². The van der Waals surface area contributed by atoms with E-state index in [1.807, 2.05) is 44.7 Å². The molecule has 0 bridgehead atoms. The van der Waals surface area contributed by atoms with E-state index in [2.05, 4.69) is 31.2 Å². The zero-order valence-electron chi connectivity index (χ0n) is 23.9. The van der Waals surface area contributed by atoms with Crippen LogP contribution in [-0.2, 0) is 20.9 Å². The van der Waals surface area contributed by atoms with Crippen LogP contribution in [0.25, 0.3) is 0 Å². The fourth-order valence-electron chi connectivity index (χ4n) is 4.46. The van der Waals surface area contributed by atoms with E-state index in [1.165, 1.54) is 16.0 Å². The van der Waals surface area contributed by atoms with Crippen molar-refractivity contribution in [3.8, 4) is 11.5 Å². The molecule has 0 radical (unpaired) electrons. The summed E-state index contributed by atoms with van der Waals surface area (Å²) in [4.78, 5) is 38.3. The van der Waals surface area contributed by atoms with Crippen molar-refractivity contribution in [2.75, 3.05) is 33.4 Å². The minimum atomic E-state index is -0.678. The fourth-order valence-corrected chi connectivity index (χ4v) is 4.46. The van der Waals surface area contributed by atoms with Crippen molar-refractivity contribution in [3.63, 3.8) is 0 Å². The third-order valence-corrected chi connectivity index (χ3v) is 6.20. The standard InChI is InChI=1S/C29H40N2O5.CH2O2/c1-7-35-26-17-25(34-6)14-13-24(26)19-31(28(33)36-29(3,4)5)20-27(32)30-15-9-12-23(18-30)22-11-8-10-21(2)16-22;2-1-3/h8,10-11,13-14,16-17,23H,7,9,12,15,18-20H2,1-6H3;1H,(H,2,3). The molecule has 0 aromatic heterocycles. The summed E-state index contributed by atoms with van der Waals surface area (Å²) >= 11 is 0. The Labute approximate surface area is 231 Å². The zero-order chi connectivity index (χ0) is 29.0. The molecular weight excluding hydrogens is 500 g/mol. The van der Waals surface area contributed by atoms with Crippen LogP contribution < -0.4 is 9.47 Å². The zero-order valence-corrected chi connectivity index (χ0v) is 23.9. The Morgan fingerprint density at radius 3 is 2.51 bits per heavy atom. The number of piperidine rings is 1. The molecule has 2 aromatic carbocycles. The monoisotopic (exact) mass is 542 g/mol. The van der Waals surface area contributed by atoms with Crippen molar-refractivity contribution < 1.29 is 33.7 Å². The van der Waals surface area contributed by atoms with Crippen LogP contribution in [0.15, 0.2) is 42.5 Å². The Kier molecular flexibility index (Phi) is 12.1. The van der Waals surface area contributed by atoms with Gasteiger partial charge < -0.3 is 24.2 Å². The van der Waals surface area contributed by atoms with E-state index in [0.717, 1.165) is 18.4 Å². The largest absolute Gasteiger partial charge is 0.497 e. The number of hydrogen-bond acceptors (Lipinski definition) is 6. The van der Waals surface area contributed by atoms with Crippen LogP contribution in [0.4, 0.5) is 4.79 Å². The van der Waals surface area contributed by atoms with Gasteiger partial charge in [0.05, 0.1) is 20.3 Å². The van der Waals surface area contributed by atoms with Gasteiger partial charge in [0.2, 0.25) is 5.91 Å². The van der Waals surface area contributed by atoms with Crippen LogP contribution in [0.3, 0.4) is 0 Å². The summed E-state index contributed by atoms with van der Waals surface area (Å²) in [5, 5.41) is 6.89. The summed E-state index contributed by atoms with van der Waals surface area (Å²) in [5.74, 6) is 1.50. The van der Waals surface area contributed by atoms with E-state index >= 15 is 0 Å². The van der Waals surface area contributed by atoms with Gasteiger partial charge in [-0.2, -0.15) is 0 Å². The van der Waals surface area contributed by atoms with Crippen LogP contribution in [0, 0.1) is 6.92 Å². The second kappa shape index (κ2) is 15.0. The molecule has 0 saturated carbocycles. The number of amides is 2. The maximum Gasteiger partial charge on any atom is 0.411 e. The number of methoxy groups -OCH3 is 1. The third-order valence-electron chi connectivity index (χ3n) is 6.20. The van der Waals surface area contributed by atoms with Gasteiger partial charge in [0.25, 0.3) is 6.47 Å². The van der Waals surface area contributed by atoms with Gasteiger partial charge in [-0.05, 0) is 65.2 Å². The molecule has 9 nitrogen and oxygen atoms in total. The molecule has 1 atom stereocenters. The molecular formula is C30H42N2O7. The van der Waals surface area contributed by atoms with Gasteiger partial charge in [-0.15, -0.1) is 0 Å². The van der Waals surface area contributed by atoms with E-state index in [0.29, 0.717) is 37.1 Å². The second-order valence-electron chi connectivity index (χ2n) is 10.4. The average molecular weight is 543 g/mol. The first-order valence-corrected chi connectivity index (χ1v) is 13.2. The lowest BCUT2D eigenvalue weighted by Gasteiger charge is -2.35. The molecule has 1 saturated heterocycles. The minimum Gasteiger partial charge on any atom is -0.497 e. The first kappa shape index (κ1) is 31.5. The van der Waals surface area contributed by atoms with Crippen LogP contribution in [-0.4, -0.2) is 72.3 Å². The van der Waals surface area contributed by atoms with E-state index in [9.17, 15) is 9.59 Å². The molecule has 214 valence electrons. The Morgan fingerprint density at radius 2 is 1.90 bits per heavy atom. The number of carbonyl (C=O) groups is 3. The molecule has 1 aliphatic heterocycles. The van der Waals surface area contributed by atoms with Gasteiger partial charge in [-0.1, -0.05) is 29.8 Å². The van der Waals surface area contributed by atoms with Crippen molar-refractivity contribution in [2.45, 2.75) is 65.5 Å². The SMILES string of the molecule is CCOc1cc(OC)ccc1CN(CC(=O)N1CCCC(c2cccc(C)c2)C1)C(=O)OC(C)(C)C.O=CO. The van der Waals surface area contributed by atoms with Crippen LogP contribution in [0.1, 0.15) is 63.1 Å². The third kappa shape index (κ3) is 10.1. The number of rotatable bonds is 8. The first-order chi connectivity index (χ1) is 18.5. The van der Waals surface area contributed by atoms with Crippen LogP contribution >= 0.6 is 0 Å². The van der Waals surface area contributed by atoms with E-state index in [4.69, 9.17) is 24.1 Å². The lowest BCUT2D eigenvalue weighted by molar-refractivity contribution is -0.133. The molecule has 39 heavy (non-hydrogen) atoms. The Hall–Kier alpha value is -3.75. The molecule has 9 heteroatoms. The number of ether oxygens (including phenoxy) is 3. The Bertz CT molecular complexity index is 1100. The summed E-state index contributed by atoms with van der Waals surface area (Å²) in [7, 11) is 1.60. The molecule has 2 amide bonds. The van der Waals surface area contributed by atoms with Gasteiger partial charge in [0.15, 0.2) is 0 Å². The van der Waals surface area contributed by atoms with E-state index < -0.39 is 11.7 Å². The van der Waals surface area contributed by atoms with Gasteiger partial charge in [-0.3, -0.25) is 14.5 Å². The minimum absolute atomic E-state index is 0.0625. The molecule has 3 rings (SSSR count). The first-order valence-electron chi connectivity index (χ1n) is 13.2. The topological polar surface area (TPSA) is 106 Å². The number of hydrogen-bond donors (Lipinski definition) is 1. The second-order valence-corrected chi connectivity index (χ2v) is 10.4. The van der Waals surface area contributed by atoms with Crippen molar-refractivity contribution in [2.24, 2.45) is 0 Å². The van der Waals surface area contributed by atoms with E-state index in [1.54, 1.807) is 13.2 Å². The number of nitrogens with zero attached hydrogens (tertiary/aromatic N) is 2. The highest BCUT2D eigenvalue weighted by atomic mass is 16.6. The molecule has 1 aliphatic rings. The van der Waals surface area contributed by atoms with Crippen molar-refractivity contribution >= 4 is 18.5 Å². The quantitative estimate of drug-likeness (QED) is 0.455. The van der Waals surface area contributed by atoms with Gasteiger partial charge in [0, 0.05) is 30.6 Å². The normalized spacial score (nSPS) is 14.9. The number of likely N-dealkylation sites (tertiary alicyclic amines) is 1. The number of benzene rings is 2. The summed E-state index contributed by atoms with van der Waals surface area (Å²) in [5.41, 5.74) is 2.59. The number of carboxylic acid groups (broad SMARTS) is 1. The lowest BCUT2D eigenvalue weighted by atomic mass is 9.90. The van der Waals surface area contributed by atoms with Crippen molar-refractivity contribution in [1.82, 2.24) is 9.80 Å². The highest BCUT2D eigenvalue weighted by Crippen LogP contribution is 2.29. The summed E-state index contributed by atoms with van der Waals surface area (Å²) in [6, 6.07) is 14.0. The molecule has 1 fully saturated rings. The molecule has 0 aliphatic carbocycles. The molecule has 2 aromatic rings. The Morgan fingerprint density at radius 1 is 1.18 bits per heavy atom. The molecule has 1 heterocycles. The lowest BCUT2D eigenvalue weighted by Crippen LogP contribution is -2.47. The maximum atomic E-state index is 13.4. The number of aryl methyl sites for hydroxylation is 1. The predicted molar refractivity (Wildman–Crippen MR) is 149 cm³/mol. The average Bonchev–Trinajstić information content (AvgIpc) is 2.88. The molecule has 1 unspecified atom stereocenters. The summed E-state index contributed by atoms with van der Waals surface area (Å²) < 4.78 is 16.8. The summed E-state index contributed by atoms with van der Waals surface area (Å²) in [6.07, 6.45) is 1.46. The van der Waals surface area contributed by atoms with Crippen molar-refractivity contribution in [1.29, 1.82) is 0 Å². The van der Waals surface area contributed by atoms with Gasteiger partial charge >= 0.3 is 6.09 Å². The highest BCUT2D eigenvalue weighted by molar-refractivity contribution is 5.82. The van der Waals surface area contributed by atoms with E-state index in [-0.39, 0.29) is 25.5 Å². The fraction of sp³-hybridized carbons (Fsp3) is 0.500. The van der Waals surface area contributed by atoms with Gasteiger partial charge in [-0.25, -0.2) is 4.79 Å². The predicted octanol–water partition coefficient (Wildman–Crippen LogP) is 5.25. The smallest absolute Gasteiger partial charge is 0.411 e. The maximum absolute atomic E-state index is 13.4. The highest BCUT2D eigenvalue weighted by Gasteiger charge is 2.30. The summed E-state index contributed by atoms with van der Waals surface area (Å²) in [6.45, 7) is 11.1. The van der Waals surface area contributed by atoms with Crippen LogP contribution in [0.2, 0.25) is 0 Å².